The van der Waals surface area contributed by atoms with Crippen molar-refractivity contribution in [2.75, 3.05) is 5.73 Å². The van der Waals surface area contributed by atoms with E-state index < -0.39 is 0 Å². The number of nitrogen functional groups attached to an aromatic ring is 1. The maximum atomic E-state index is 7.22. The molecule has 2 nitrogen and oxygen atoms in total. The molecule has 0 aromatic heterocycles. The molecule has 0 aliphatic carbocycles. The molecule has 0 aliphatic heterocycles. The molecule has 0 saturated carbocycles. The van der Waals surface area contributed by atoms with Crippen molar-refractivity contribution in [3.8, 4) is 0 Å². The first-order valence-corrected chi connectivity index (χ1v) is 4.57. The van der Waals surface area contributed by atoms with Crippen LogP contribution in [0.15, 0.2) is 6.07 Å². The lowest BCUT2D eigenvalue weighted by molar-refractivity contribution is 1.11. The molecule has 3 heteroatoms. The Morgan fingerprint density at radius 2 is 2.23 bits per heavy atom. The zero-order chi connectivity index (χ0) is 10.0. The first-order chi connectivity index (χ1) is 6.11. The van der Waals surface area contributed by atoms with Crippen molar-refractivity contribution in [1.82, 2.24) is 0 Å². The van der Waals surface area contributed by atoms with Gasteiger partial charge in [0.25, 0.3) is 0 Å². The van der Waals surface area contributed by atoms with Gasteiger partial charge in [0.15, 0.2) is 0 Å². The Kier molecular flexibility index (Phi) is 2.94. The van der Waals surface area contributed by atoms with Crippen LogP contribution in [0, 0.1) is 12.3 Å². The zero-order valence-electron chi connectivity index (χ0n) is 7.82. The Labute approximate surface area is 83.2 Å². The van der Waals surface area contributed by atoms with Crippen LogP contribution in [0.4, 0.5) is 5.69 Å². The van der Waals surface area contributed by atoms with Gasteiger partial charge in [-0.25, -0.2) is 0 Å². The highest BCUT2D eigenvalue weighted by atomic mass is 35.5. The summed E-state index contributed by atoms with van der Waals surface area (Å²) in [6, 6.07) is 1.72. The van der Waals surface area contributed by atoms with Crippen LogP contribution < -0.4 is 5.73 Å². The van der Waals surface area contributed by atoms with Gasteiger partial charge in [0.2, 0.25) is 0 Å². The van der Waals surface area contributed by atoms with E-state index in [0.717, 1.165) is 23.1 Å². The number of halogens is 1. The lowest BCUT2D eigenvalue weighted by Crippen LogP contribution is -2.00. The fourth-order valence-electron chi connectivity index (χ4n) is 1.49. The lowest BCUT2D eigenvalue weighted by Gasteiger charge is -2.11. The van der Waals surface area contributed by atoms with Gasteiger partial charge < -0.3 is 11.1 Å². The second-order valence-electron chi connectivity index (χ2n) is 2.96. The summed E-state index contributed by atoms with van der Waals surface area (Å²) in [5.41, 5.74) is 9.17. The van der Waals surface area contributed by atoms with E-state index in [9.17, 15) is 0 Å². The summed E-state index contributed by atoms with van der Waals surface area (Å²) >= 11 is 6.01. The maximum absolute atomic E-state index is 7.22. The van der Waals surface area contributed by atoms with Gasteiger partial charge in [-0.3, -0.25) is 0 Å². The summed E-state index contributed by atoms with van der Waals surface area (Å²) in [4.78, 5) is 0. The molecule has 0 spiro atoms. The Balaban J connectivity index is 3.47. The summed E-state index contributed by atoms with van der Waals surface area (Å²) < 4.78 is 0. The molecule has 0 aliphatic rings. The predicted octanol–water partition coefficient (Wildman–Crippen LogP) is 2.79. The number of hydrogen-bond donors (Lipinski definition) is 2. The highest BCUT2D eigenvalue weighted by molar-refractivity contribution is 6.32. The Hall–Kier alpha value is -1.02. The van der Waals surface area contributed by atoms with Gasteiger partial charge in [-0.05, 0) is 30.5 Å². The van der Waals surface area contributed by atoms with Crippen molar-refractivity contribution >= 4 is 23.5 Å². The van der Waals surface area contributed by atoms with Gasteiger partial charge in [0.05, 0.1) is 0 Å². The van der Waals surface area contributed by atoms with Crippen LogP contribution in [-0.4, -0.2) is 6.21 Å². The lowest BCUT2D eigenvalue weighted by atomic mass is 9.99. The minimum atomic E-state index is 0.578. The molecule has 0 heterocycles. The van der Waals surface area contributed by atoms with Crippen molar-refractivity contribution in [3.63, 3.8) is 0 Å². The average molecular weight is 197 g/mol. The molecular formula is C10H13ClN2. The maximum Gasteiger partial charge on any atom is 0.0461 e. The van der Waals surface area contributed by atoms with Crippen LogP contribution in [0.25, 0.3) is 0 Å². The summed E-state index contributed by atoms with van der Waals surface area (Å²) in [5, 5.41) is 7.92. The largest absolute Gasteiger partial charge is 0.398 e. The molecule has 1 aromatic rings. The molecule has 0 unspecified atom stereocenters. The molecule has 0 bridgehead atoms. The van der Waals surface area contributed by atoms with Crippen molar-refractivity contribution in [2.24, 2.45) is 0 Å². The molecule has 0 fully saturated rings. The number of rotatable bonds is 2. The third kappa shape index (κ3) is 1.68. The third-order valence-corrected chi connectivity index (χ3v) is 2.57. The summed E-state index contributed by atoms with van der Waals surface area (Å²) in [6.45, 7) is 3.99. The summed E-state index contributed by atoms with van der Waals surface area (Å²) in [5.74, 6) is 0. The van der Waals surface area contributed by atoms with Crippen LogP contribution in [0.2, 0.25) is 5.02 Å². The summed E-state index contributed by atoms with van der Waals surface area (Å²) in [6.07, 6.45) is 2.14. The Morgan fingerprint density at radius 1 is 1.62 bits per heavy atom. The van der Waals surface area contributed by atoms with E-state index in [4.69, 9.17) is 22.7 Å². The van der Waals surface area contributed by atoms with Gasteiger partial charge in [-0.15, -0.1) is 0 Å². The fourth-order valence-corrected chi connectivity index (χ4v) is 1.88. The SMILES string of the molecule is CCc1c(Cl)cc(N)c(C=N)c1C. The molecule has 70 valence electrons. The van der Waals surface area contributed by atoms with Crippen LogP contribution in [-0.2, 0) is 6.42 Å². The van der Waals surface area contributed by atoms with Crippen molar-refractivity contribution in [2.45, 2.75) is 20.3 Å². The normalized spacial score (nSPS) is 10.1. The molecule has 0 atom stereocenters. The second-order valence-corrected chi connectivity index (χ2v) is 3.37. The molecule has 13 heavy (non-hydrogen) atoms. The number of benzene rings is 1. The van der Waals surface area contributed by atoms with Crippen molar-refractivity contribution in [1.29, 1.82) is 5.41 Å². The molecule has 0 radical (unpaired) electrons. The van der Waals surface area contributed by atoms with Crippen LogP contribution in [0.3, 0.4) is 0 Å². The van der Waals surface area contributed by atoms with Crippen LogP contribution >= 0.6 is 11.6 Å². The molecule has 1 rings (SSSR count). The van der Waals surface area contributed by atoms with E-state index in [1.165, 1.54) is 6.21 Å². The average Bonchev–Trinajstić information content (AvgIpc) is 2.04. The van der Waals surface area contributed by atoms with Crippen molar-refractivity contribution < 1.29 is 0 Å². The molecule has 0 amide bonds. The molecule has 0 saturated heterocycles. The van der Waals surface area contributed by atoms with E-state index in [0.29, 0.717) is 10.7 Å². The number of nitrogens with two attached hydrogens (primary N) is 1. The highest BCUT2D eigenvalue weighted by Crippen LogP contribution is 2.27. The molecule has 3 N–H and O–H groups in total. The minimum Gasteiger partial charge on any atom is -0.398 e. The minimum absolute atomic E-state index is 0.578. The van der Waals surface area contributed by atoms with Gasteiger partial charge in [0, 0.05) is 22.5 Å². The monoisotopic (exact) mass is 196 g/mol. The number of nitrogens with one attached hydrogen (secondary N) is 1. The standard InChI is InChI=1S/C10H13ClN2/c1-3-7-6(2)8(5-12)10(13)4-9(7)11/h4-5,12H,3,13H2,1-2H3. The van der Waals surface area contributed by atoms with Crippen LogP contribution in [0.1, 0.15) is 23.6 Å². The number of anilines is 1. The quantitative estimate of drug-likeness (QED) is 0.555. The first-order valence-electron chi connectivity index (χ1n) is 4.19. The second kappa shape index (κ2) is 3.79. The Bertz CT molecular complexity index is 345. The predicted molar refractivity (Wildman–Crippen MR) is 57.9 cm³/mol. The summed E-state index contributed by atoms with van der Waals surface area (Å²) in [7, 11) is 0. The zero-order valence-corrected chi connectivity index (χ0v) is 8.57. The van der Waals surface area contributed by atoms with E-state index in [1.807, 2.05) is 13.8 Å². The molecular weight excluding hydrogens is 184 g/mol. The van der Waals surface area contributed by atoms with Crippen molar-refractivity contribution in [3.05, 3.63) is 27.8 Å². The first kappa shape index (κ1) is 10.1. The molecule has 1 aromatic carbocycles. The fraction of sp³-hybridized carbons (Fsp3) is 0.300. The van der Waals surface area contributed by atoms with Gasteiger partial charge in [-0.1, -0.05) is 18.5 Å². The number of hydrogen-bond acceptors (Lipinski definition) is 2. The van der Waals surface area contributed by atoms with Gasteiger partial charge in [-0.2, -0.15) is 0 Å². The van der Waals surface area contributed by atoms with E-state index in [2.05, 4.69) is 0 Å². The van der Waals surface area contributed by atoms with E-state index in [1.54, 1.807) is 6.07 Å². The van der Waals surface area contributed by atoms with Crippen LogP contribution in [0.5, 0.6) is 0 Å². The Morgan fingerprint density at radius 3 is 2.69 bits per heavy atom. The highest BCUT2D eigenvalue weighted by Gasteiger charge is 2.09. The van der Waals surface area contributed by atoms with E-state index >= 15 is 0 Å². The van der Waals surface area contributed by atoms with Gasteiger partial charge in [0.1, 0.15) is 0 Å². The smallest absolute Gasteiger partial charge is 0.0461 e. The topological polar surface area (TPSA) is 49.9 Å². The van der Waals surface area contributed by atoms with Gasteiger partial charge >= 0.3 is 0 Å². The van der Waals surface area contributed by atoms with E-state index in [-0.39, 0.29) is 0 Å². The third-order valence-electron chi connectivity index (χ3n) is 2.24.